The third-order valence-corrected chi connectivity index (χ3v) is 23.6. The van der Waals surface area contributed by atoms with Crippen LogP contribution in [-0.4, -0.2) is 96.7 Å². The summed E-state index contributed by atoms with van der Waals surface area (Å²) in [5.41, 5.74) is 0. The summed E-state index contributed by atoms with van der Waals surface area (Å²) in [7, 11) is -9.94. The molecule has 0 aliphatic carbocycles. The van der Waals surface area contributed by atoms with Gasteiger partial charge in [-0.2, -0.15) is 0 Å². The van der Waals surface area contributed by atoms with Crippen LogP contribution in [-0.2, 0) is 65.4 Å². The highest BCUT2D eigenvalue weighted by molar-refractivity contribution is 7.47. The number of ether oxygens (including phenoxy) is 4. The second-order valence-electron chi connectivity index (χ2n) is 34.0. The van der Waals surface area contributed by atoms with Gasteiger partial charge in [0.2, 0.25) is 0 Å². The molecule has 0 aromatic rings. The van der Waals surface area contributed by atoms with Gasteiger partial charge in [0.1, 0.15) is 19.3 Å². The van der Waals surface area contributed by atoms with Crippen molar-refractivity contribution in [1.29, 1.82) is 0 Å². The van der Waals surface area contributed by atoms with Crippen LogP contribution >= 0.6 is 15.6 Å². The van der Waals surface area contributed by atoms with Gasteiger partial charge < -0.3 is 33.8 Å². The van der Waals surface area contributed by atoms with E-state index >= 15 is 0 Å². The quantitative estimate of drug-likeness (QED) is 0.0222. The number of hydrogen-bond acceptors (Lipinski definition) is 15. The number of phosphoric acid groups is 2. The zero-order chi connectivity index (χ0) is 81.3. The Morgan fingerprint density at radius 3 is 0.613 bits per heavy atom. The molecule has 0 aliphatic heterocycles. The van der Waals surface area contributed by atoms with Crippen LogP contribution in [0.2, 0.25) is 0 Å². The first-order valence-corrected chi connectivity index (χ1v) is 50.5. The lowest BCUT2D eigenvalue weighted by molar-refractivity contribution is -0.161. The number of hydrogen-bond donors (Lipinski definition) is 3. The van der Waals surface area contributed by atoms with Crippen LogP contribution in [0.3, 0.4) is 0 Å². The molecule has 3 N–H and O–H groups in total. The molecule has 0 aromatic heterocycles. The van der Waals surface area contributed by atoms with Gasteiger partial charge in [0.05, 0.1) is 26.4 Å². The average molecular weight is 1620 g/mol. The Balaban J connectivity index is 5.24. The number of carbonyl (C=O) groups excluding carboxylic acids is 4. The lowest BCUT2D eigenvalue weighted by atomic mass is 10.0. The molecular weight excluding hydrogens is 1440 g/mol. The first-order valence-electron chi connectivity index (χ1n) is 47.5. The van der Waals surface area contributed by atoms with E-state index in [0.717, 1.165) is 102 Å². The maximum atomic E-state index is 13.2. The molecule has 19 heteroatoms. The van der Waals surface area contributed by atoms with E-state index in [4.69, 9.17) is 37.0 Å². The Kier molecular flexibility index (Phi) is 81.7. The largest absolute Gasteiger partial charge is 0.472 e. The van der Waals surface area contributed by atoms with Gasteiger partial charge in [-0.25, -0.2) is 9.13 Å². The monoisotopic (exact) mass is 1620 g/mol. The molecule has 0 aliphatic rings. The number of unbranched alkanes of at least 4 members (excludes halogenated alkanes) is 61. The van der Waals surface area contributed by atoms with Crippen LogP contribution in [0.15, 0.2) is 0 Å². The number of esters is 4. The summed E-state index contributed by atoms with van der Waals surface area (Å²) in [6, 6.07) is 0. The molecule has 0 saturated carbocycles. The second kappa shape index (κ2) is 83.1. The highest BCUT2D eigenvalue weighted by atomic mass is 31.2. The minimum Gasteiger partial charge on any atom is -0.462 e. The molecular formula is C92H180O17P2. The molecule has 0 heterocycles. The van der Waals surface area contributed by atoms with Crippen LogP contribution in [0.4, 0.5) is 0 Å². The van der Waals surface area contributed by atoms with E-state index in [0.29, 0.717) is 25.7 Å². The van der Waals surface area contributed by atoms with Gasteiger partial charge in [0.25, 0.3) is 0 Å². The van der Waals surface area contributed by atoms with Gasteiger partial charge in [-0.3, -0.25) is 37.3 Å². The molecule has 111 heavy (non-hydrogen) atoms. The molecule has 0 fully saturated rings. The van der Waals surface area contributed by atoms with Crippen molar-refractivity contribution >= 4 is 39.5 Å². The molecule has 0 amide bonds. The predicted octanol–water partition coefficient (Wildman–Crippen LogP) is 28.6. The molecule has 5 atom stereocenters. The molecule has 2 unspecified atom stereocenters. The Hall–Kier alpha value is -1.94. The fourth-order valence-corrected chi connectivity index (χ4v) is 16.1. The first-order chi connectivity index (χ1) is 53.9. The number of carbonyl (C=O) groups is 4. The lowest BCUT2D eigenvalue weighted by Gasteiger charge is -2.21. The maximum Gasteiger partial charge on any atom is 0.472 e. The summed E-state index contributed by atoms with van der Waals surface area (Å²) in [6.07, 6.45) is 78.0. The first kappa shape index (κ1) is 109. The molecule has 0 spiro atoms. The Labute approximate surface area is 683 Å². The van der Waals surface area contributed by atoms with Crippen LogP contribution < -0.4 is 0 Å². The van der Waals surface area contributed by atoms with Crippen molar-refractivity contribution in [2.75, 3.05) is 39.6 Å². The minimum absolute atomic E-state index is 0.108. The second-order valence-corrected chi connectivity index (χ2v) is 36.9. The van der Waals surface area contributed by atoms with E-state index in [2.05, 4.69) is 41.5 Å². The maximum absolute atomic E-state index is 13.2. The van der Waals surface area contributed by atoms with Crippen molar-refractivity contribution in [2.24, 2.45) is 11.8 Å². The van der Waals surface area contributed by atoms with Crippen LogP contribution in [0, 0.1) is 11.8 Å². The summed E-state index contributed by atoms with van der Waals surface area (Å²) < 4.78 is 69.1. The predicted molar refractivity (Wildman–Crippen MR) is 460 cm³/mol. The van der Waals surface area contributed by atoms with Crippen molar-refractivity contribution in [2.45, 2.75) is 516 Å². The van der Waals surface area contributed by atoms with Crippen LogP contribution in [0.1, 0.15) is 497 Å². The molecule has 0 radical (unpaired) electrons. The van der Waals surface area contributed by atoms with Gasteiger partial charge in [0, 0.05) is 25.7 Å². The number of phosphoric ester groups is 2. The summed E-state index contributed by atoms with van der Waals surface area (Å²) in [5.74, 6) is -0.557. The van der Waals surface area contributed by atoms with Gasteiger partial charge in [-0.05, 0) is 37.5 Å². The number of aliphatic hydroxyl groups excluding tert-OH is 1. The molecule has 0 saturated heterocycles. The zero-order valence-electron chi connectivity index (χ0n) is 73.3. The van der Waals surface area contributed by atoms with Crippen molar-refractivity contribution in [1.82, 2.24) is 0 Å². The van der Waals surface area contributed by atoms with E-state index in [9.17, 15) is 43.2 Å². The van der Waals surface area contributed by atoms with Crippen molar-refractivity contribution in [3.05, 3.63) is 0 Å². The smallest absolute Gasteiger partial charge is 0.462 e. The number of aliphatic hydroxyl groups is 1. The van der Waals surface area contributed by atoms with Gasteiger partial charge in [0.15, 0.2) is 12.2 Å². The highest BCUT2D eigenvalue weighted by Gasteiger charge is 2.31. The van der Waals surface area contributed by atoms with Gasteiger partial charge in [-0.1, -0.05) is 446 Å². The highest BCUT2D eigenvalue weighted by Crippen LogP contribution is 2.45. The van der Waals surface area contributed by atoms with Crippen LogP contribution in [0.5, 0.6) is 0 Å². The minimum atomic E-state index is -4.97. The SMILES string of the molecule is CCCCCCCCCCCCCCCCCCCCCCCC(=O)OC[C@H](COP(=O)(O)OC[C@@H](O)COP(=O)(O)OC[C@@H](COC(=O)CCCCCCCCCCCC(C)C)OC(=O)CCCCCCCCCCCCCCCCC(C)C)OC(=O)CCCCCCCCCCCCCCCCCCCCCCC. The Bertz CT molecular complexity index is 2120. The van der Waals surface area contributed by atoms with E-state index in [1.807, 2.05) is 0 Å². The third-order valence-electron chi connectivity index (χ3n) is 21.7. The van der Waals surface area contributed by atoms with Crippen LogP contribution in [0.25, 0.3) is 0 Å². The summed E-state index contributed by atoms with van der Waals surface area (Å²) in [5, 5.41) is 10.7. The standard InChI is InChI=1S/C92H180O17P2/c1-7-9-11-13-15-17-19-21-23-25-27-29-31-33-35-40-44-50-56-62-68-74-89(94)102-80-87(108-91(96)76-70-64-58-51-45-41-36-34-32-30-28-26-24-22-20-18-16-14-12-10-8-2)82-106-110(98,99)104-78-86(93)79-105-111(100,101)107-83-88(81-103-90(95)75-69-63-57-53-47-49-55-61-67-73-85(5)6)109-92(97)77-71-65-59-52-46-42-38-37-39-43-48-54-60-66-72-84(3)4/h84-88,93H,7-83H2,1-6H3,(H,98,99)(H,100,101)/t86-,87-,88-/m1/s1. The fraction of sp³-hybridized carbons (Fsp3) is 0.957. The van der Waals surface area contributed by atoms with Crippen molar-refractivity contribution < 1.29 is 80.2 Å². The zero-order valence-corrected chi connectivity index (χ0v) is 75.1. The molecule has 660 valence electrons. The molecule has 0 bridgehead atoms. The van der Waals surface area contributed by atoms with Gasteiger partial charge >= 0.3 is 39.5 Å². The van der Waals surface area contributed by atoms with Crippen molar-refractivity contribution in [3.8, 4) is 0 Å². The van der Waals surface area contributed by atoms with Gasteiger partial charge in [-0.15, -0.1) is 0 Å². The summed E-state index contributed by atoms with van der Waals surface area (Å²) in [6.45, 7) is 9.71. The number of rotatable bonds is 91. The molecule has 0 aromatic carbocycles. The average Bonchev–Trinajstić information content (AvgIpc) is 0.896. The van der Waals surface area contributed by atoms with E-state index in [1.165, 1.54) is 315 Å². The summed E-state index contributed by atoms with van der Waals surface area (Å²) >= 11 is 0. The van der Waals surface area contributed by atoms with E-state index < -0.39 is 97.5 Å². The summed E-state index contributed by atoms with van der Waals surface area (Å²) in [4.78, 5) is 73.5. The Morgan fingerprint density at radius 2 is 0.414 bits per heavy atom. The fourth-order valence-electron chi connectivity index (χ4n) is 14.5. The topological polar surface area (TPSA) is 237 Å². The lowest BCUT2D eigenvalue weighted by Crippen LogP contribution is -2.30. The van der Waals surface area contributed by atoms with E-state index in [-0.39, 0.29) is 25.7 Å². The van der Waals surface area contributed by atoms with E-state index in [1.54, 1.807) is 0 Å². The molecule has 17 nitrogen and oxygen atoms in total. The van der Waals surface area contributed by atoms with Crippen molar-refractivity contribution in [3.63, 3.8) is 0 Å². The molecule has 0 rings (SSSR count). The third kappa shape index (κ3) is 85.8. The Morgan fingerprint density at radius 1 is 0.243 bits per heavy atom. The normalized spacial score (nSPS) is 13.7.